The number of rotatable bonds is 3. The van der Waals surface area contributed by atoms with Gasteiger partial charge in [-0.15, -0.1) is 11.3 Å². The van der Waals surface area contributed by atoms with E-state index in [1.54, 1.807) is 35.5 Å². The Bertz CT molecular complexity index is 506. The highest BCUT2D eigenvalue weighted by molar-refractivity contribution is 9.10. The van der Waals surface area contributed by atoms with E-state index in [0.717, 1.165) is 9.35 Å². The first-order chi connectivity index (χ1) is 7.68. The van der Waals surface area contributed by atoms with Gasteiger partial charge in [-0.1, -0.05) is 0 Å². The van der Waals surface area contributed by atoms with Gasteiger partial charge in [0.05, 0.1) is 19.1 Å². The quantitative estimate of drug-likeness (QED) is 0.944. The second-order valence-electron chi connectivity index (χ2n) is 3.26. The maximum Gasteiger partial charge on any atom is 0.269 e. The number of aromatic nitrogens is 2. The Morgan fingerprint density at radius 2 is 2.50 bits per heavy atom. The lowest BCUT2D eigenvalue weighted by molar-refractivity contribution is 0.0943. The summed E-state index contributed by atoms with van der Waals surface area (Å²) in [4.78, 5) is 16.8. The second kappa shape index (κ2) is 4.80. The Kier molecular flexibility index (Phi) is 3.40. The first kappa shape index (κ1) is 11.3. The van der Waals surface area contributed by atoms with Gasteiger partial charge < -0.3 is 9.88 Å². The van der Waals surface area contributed by atoms with Crippen LogP contribution in [-0.4, -0.2) is 15.5 Å². The molecule has 84 valence electrons. The number of aryl methyl sites for hydroxylation is 1. The van der Waals surface area contributed by atoms with Crippen LogP contribution in [0.1, 0.15) is 15.4 Å². The average molecular weight is 300 g/mol. The molecule has 1 N–H and O–H groups in total. The summed E-state index contributed by atoms with van der Waals surface area (Å²) in [5.74, 6) is -0.111. The van der Waals surface area contributed by atoms with Crippen LogP contribution >= 0.6 is 27.3 Å². The fourth-order valence-electron chi connectivity index (χ4n) is 1.28. The number of nitrogens with zero attached hydrogens (tertiary/aromatic N) is 2. The summed E-state index contributed by atoms with van der Waals surface area (Å²) in [6.45, 7) is 0.530. The van der Waals surface area contributed by atoms with Crippen LogP contribution in [-0.2, 0) is 13.6 Å². The third-order valence-corrected chi connectivity index (χ3v) is 4.08. The van der Waals surface area contributed by atoms with E-state index in [4.69, 9.17) is 0 Å². The van der Waals surface area contributed by atoms with Gasteiger partial charge in [0, 0.05) is 16.4 Å². The van der Waals surface area contributed by atoms with Gasteiger partial charge in [0.15, 0.2) is 0 Å². The zero-order valence-electron chi connectivity index (χ0n) is 8.61. The summed E-state index contributed by atoms with van der Waals surface area (Å²) in [6, 6.07) is 1.97. The van der Waals surface area contributed by atoms with E-state index in [1.807, 2.05) is 11.4 Å². The van der Waals surface area contributed by atoms with Gasteiger partial charge in [-0.05, 0) is 27.4 Å². The maximum absolute atomic E-state index is 11.8. The molecule has 0 aromatic carbocycles. The van der Waals surface area contributed by atoms with Crippen molar-refractivity contribution in [1.29, 1.82) is 0 Å². The van der Waals surface area contributed by atoms with Crippen LogP contribution in [0.25, 0.3) is 0 Å². The first-order valence-electron chi connectivity index (χ1n) is 4.65. The van der Waals surface area contributed by atoms with Gasteiger partial charge in [-0.2, -0.15) is 0 Å². The van der Waals surface area contributed by atoms with Gasteiger partial charge in [0.1, 0.15) is 5.69 Å². The van der Waals surface area contributed by atoms with E-state index < -0.39 is 0 Å². The van der Waals surface area contributed by atoms with Crippen molar-refractivity contribution in [2.24, 2.45) is 7.05 Å². The second-order valence-corrected chi connectivity index (χ2v) is 5.12. The molecule has 0 atom stereocenters. The topological polar surface area (TPSA) is 46.9 Å². The van der Waals surface area contributed by atoms with Crippen LogP contribution in [0.3, 0.4) is 0 Å². The normalized spacial score (nSPS) is 10.4. The molecule has 0 saturated heterocycles. The SMILES string of the molecule is Cn1cncc1C(=O)NCc1sccc1Br. The average Bonchev–Trinajstić information content (AvgIpc) is 2.84. The van der Waals surface area contributed by atoms with Gasteiger partial charge in [-0.3, -0.25) is 4.79 Å². The standard InChI is InChI=1S/C10H10BrN3OS/c1-14-6-12-4-8(14)10(15)13-5-9-7(11)2-3-16-9/h2-4,6H,5H2,1H3,(H,13,15). The molecule has 0 aliphatic carbocycles. The molecule has 0 spiro atoms. The fourth-order valence-corrected chi connectivity index (χ4v) is 2.71. The monoisotopic (exact) mass is 299 g/mol. The van der Waals surface area contributed by atoms with Gasteiger partial charge in [0.25, 0.3) is 5.91 Å². The summed E-state index contributed by atoms with van der Waals surface area (Å²) in [5.41, 5.74) is 0.563. The van der Waals surface area contributed by atoms with Crippen LogP contribution in [0.15, 0.2) is 28.4 Å². The van der Waals surface area contributed by atoms with E-state index in [2.05, 4.69) is 26.2 Å². The van der Waals surface area contributed by atoms with Crippen molar-refractivity contribution in [3.63, 3.8) is 0 Å². The van der Waals surface area contributed by atoms with Crippen LogP contribution in [0, 0.1) is 0 Å². The Hall–Kier alpha value is -1.14. The summed E-state index contributed by atoms with van der Waals surface area (Å²) < 4.78 is 2.72. The third kappa shape index (κ3) is 2.33. The Morgan fingerprint density at radius 1 is 1.69 bits per heavy atom. The molecule has 0 radical (unpaired) electrons. The Labute approximate surface area is 105 Å². The molecule has 0 aliphatic rings. The largest absolute Gasteiger partial charge is 0.346 e. The highest BCUT2D eigenvalue weighted by Crippen LogP contribution is 2.22. The van der Waals surface area contributed by atoms with E-state index >= 15 is 0 Å². The van der Waals surface area contributed by atoms with Crippen molar-refractivity contribution in [2.45, 2.75) is 6.54 Å². The molecule has 4 nitrogen and oxygen atoms in total. The van der Waals surface area contributed by atoms with E-state index in [1.165, 1.54) is 0 Å². The highest BCUT2D eigenvalue weighted by atomic mass is 79.9. The van der Waals surface area contributed by atoms with Crippen molar-refractivity contribution >= 4 is 33.2 Å². The lowest BCUT2D eigenvalue weighted by atomic mass is 10.4. The number of imidazole rings is 1. The smallest absolute Gasteiger partial charge is 0.269 e. The van der Waals surface area contributed by atoms with E-state index in [0.29, 0.717) is 12.2 Å². The molecule has 2 aromatic heterocycles. The highest BCUT2D eigenvalue weighted by Gasteiger charge is 2.10. The predicted molar refractivity (Wildman–Crippen MR) is 66.4 cm³/mol. The first-order valence-corrected chi connectivity index (χ1v) is 6.32. The summed E-state index contributed by atoms with van der Waals surface area (Å²) in [7, 11) is 1.79. The van der Waals surface area contributed by atoms with E-state index in [9.17, 15) is 4.79 Å². The van der Waals surface area contributed by atoms with Gasteiger partial charge in [0.2, 0.25) is 0 Å². The van der Waals surface area contributed by atoms with Crippen LogP contribution in [0.5, 0.6) is 0 Å². The minimum absolute atomic E-state index is 0.111. The Balaban J connectivity index is 1.99. The molecule has 1 amide bonds. The molecule has 0 saturated carbocycles. The van der Waals surface area contributed by atoms with Crippen molar-refractivity contribution in [3.05, 3.63) is 39.0 Å². The minimum atomic E-state index is -0.111. The lowest BCUT2D eigenvalue weighted by Gasteiger charge is -2.04. The maximum atomic E-state index is 11.8. The van der Waals surface area contributed by atoms with Crippen LogP contribution < -0.4 is 5.32 Å². The Morgan fingerprint density at radius 3 is 3.06 bits per heavy atom. The number of hydrogen-bond acceptors (Lipinski definition) is 3. The molecule has 0 aliphatic heterocycles. The summed E-state index contributed by atoms with van der Waals surface area (Å²) in [5, 5.41) is 4.83. The molecular formula is C10H10BrN3OS. The number of thiophene rings is 1. The number of hydrogen-bond donors (Lipinski definition) is 1. The number of carbonyl (C=O) groups is 1. The van der Waals surface area contributed by atoms with E-state index in [-0.39, 0.29) is 5.91 Å². The molecule has 2 heterocycles. The number of nitrogens with one attached hydrogen (secondary N) is 1. The molecule has 16 heavy (non-hydrogen) atoms. The van der Waals surface area contributed by atoms with Crippen molar-refractivity contribution in [3.8, 4) is 0 Å². The van der Waals surface area contributed by atoms with Crippen LogP contribution in [0.2, 0.25) is 0 Å². The van der Waals surface area contributed by atoms with Gasteiger partial charge in [-0.25, -0.2) is 4.98 Å². The lowest BCUT2D eigenvalue weighted by Crippen LogP contribution is -2.24. The van der Waals surface area contributed by atoms with Crippen molar-refractivity contribution < 1.29 is 4.79 Å². The third-order valence-electron chi connectivity index (χ3n) is 2.15. The molecule has 0 unspecified atom stereocenters. The summed E-state index contributed by atoms with van der Waals surface area (Å²) >= 11 is 5.03. The van der Waals surface area contributed by atoms with Crippen molar-refractivity contribution in [1.82, 2.24) is 14.9 Å². The van der Waals surface area contributed by atoms with Crippen LogP contribution in [0.4, 0.5) is 0 Å². The zero-order chi connectivity index (χ0) is 11.5. The van der Waals surface area contributed by atoms with Crippen molar-refractivity contribution in [2.75, 3.05) is 0 Å². The molecule has 0 fully saturated rings. The molecule has 2 rings (SSSR count). The predicted octanol–water partition coefficient (Wildman–Crippen LogP) is 2.17. The van der Waals surface area contributed by atoms with Gasteiger partial charge >= 0.3 is 0 Å². The summed E-state index contributed by atoms with van der Waals surface area (Å²) in [6.07, 6.45) is 3.16. The number of halogens is 1. The molecule has 6 heteroatoms. The molecule has 0 bridgehead atoms. The molecular weight excluding hydrogens is 290 g/mol. The number of carbonyl (C=O) groups excluding carboxylic acids is 1. The number of amides is 1. The fraction of sp³-hybridized carbons (Fsp3) is 0.200. The minimum Gasteiger partial charge on any atom is -0.346 e. The zero-order valence-corrected chi connectivity index (χ0v) is 11.0. The molecule has 2 aromatic rings.